The van der Waals surface area contributed by atoms with Crippen molar-refractivity contribution in [2.24, 2.45) is 0 Å². The summed E-state index contributed by atoms with van der Waals surface area (Å²) in [4.78, 5) is 16.9. The lowest BCUT2D eigenvalue weighted by molar-refractivity contribution is 0.102. The Morgan fingerprint density at radius 2 is 2.04 bits per heavy atom. The van der Waals surface area contributed by atoms with Crippen molar-refractivity contribution < 1.29 is 13.9 Å². The maximum absolute atomic E-state index is 13.1. The monoisotopic (exact) mass is 395 g/mol. The van der Waals surface area contributed by atoms with E-state index in [2.05, 4.69) is 10.3 Å². The Hall–Kier alpha value is -3.38. The number of benzene rings is 2. The highest BCUT2D eigenvalue weighted by molar-refractivity contribution is 6.33. The lowest BCUT2D eigenvalue weighted by Crippen LogP contribution is -2.12. The van der Waals surface area contributed by atoms with E-state index in [-0.39, 0.29) is 17.5 Å². The maximum Gasteiger partial charge on any atom is 0.255 e. The zero-order valence-electron chi connectivity index (χ0n) is 14.6. The van der Waals surface area contributed by atoms with Gasteiger partial charge in [0.05, 0.1) is 16.4 Å². The zero-order valence-corrected chi connectivity index (χ0v) is 15.4. The number of rotatable bonds is 5. The highest BCUT2D eigenvalue weighted by atomic mass is 35.5. The van der Waals surface area contributed by atoms with Gasteiger partial charge in [0, 0.05) is 18.0 Å². The van der Waals surface area contributed by atoms with E-state index in [4.69, 9.17) is 16.3 Å². The molecule has 140 valence electrons. The lowest BCUT2D eigenvalue weighted by atomic mass is 10.2. The van der Waals surface area contributed by atoms with E-state index in [9.17, 15) is 9.18 Å². The molecule has 0 saturated carbocycles. The van der Waals surface area contributed by atoms with Crippen molar-refractivity contribution >= 4 is 28.8 Å². The Morgan fingerprint density at radius 1 is 1.14 bits per heavy atom. The molecule has 2 aromatic heterocycles. The molecule has 0 spiro atoms. The van der Waals surface area contributed by atoms with Gasteiger partial charge >= 0.3 is 0 Å². The zero-order chi connectivity index (χ0) is 19.5. The molecule has 5 nitrogen and oxygen atoms in total. The van der Waals surface area contributed by atoms with Gasteiger partial charge in [0.25, 0.3) is 5.91 Å². The van der Waals surface area contributed by atoms with Crippen molar-refractivity contribution in [3.05, 3.63) is 95.2 Å². The normalized spacial score (nSPS) is 10.8. The molecule has 7 heteroatoms. The molecule has 4 aromatic rings. The van der Waals surface area contributed by atoms with Gasteiger partial charge in [-0.25, -0.2) is 9.37 Å². The SMILES string of the molecule is O=C(Nc1ccc(F)cc1Cl)c1cccc(OCc2cn3ccccc3n2)c1. The summed E-state index contributed by atoms with van der Waals surface area (Å²) >= 11 is 5.96. The second kappa shape index (κ2) is 7.70. The van der Waals surface area contributed by atoms with Gasteiger partial charge in [-0.15, -0.1) is 0 Å². The van der Waals surface area contributed by atoms with Crippen LogP contribution in [0, 0.1) is 5.82 Å². The van der Waals surface area contributed by atoms with E-state index < -0.39 is 5.82 Å². The Morgan fingerprint density at radius 3 is 2.86 bits per heavy atom. The van der Waals surface area contributed by atoms with Crippen molar-refractivity contribution in [2.45, 2.75) is 6.61 Å². The van der Waals surface area contributed by atoms with Gasteiger partial charge in [-0.3, -0.25) is 4.79 Å². The Balaban J connectivity index is 1.45. The molecule has 0 aliphatic heterocycles. The van der Waals surface area contributed by atoms with E-state index >= 15 is 0 Å². The quantitative estimate of drug-likeness (QED) is 0.519. The number of fused-ring (bicyclic) bond motifs is 1. The van der Waals surface area contributed by atoms with Crippen LogP contribution in [0.4, 0.5) is 10.1 Å². The number of carbonyl (C=O) groups excluding carboxylic acids is 1. The standard InChI is InChI=1S/C21H15ClFN3O2/c22-18-11-15(23)7-8-19(18)25-21(27)14-4-3-5-17(10-14)28-13-16-12-26-9-2-1-6-20(26)24-16/h1-12H,13H2,(H,25,27). The van der Waals surface area contributed by atoms with Crippen LogP contribution in [0.25, 0.3) is 5.65 Å². The predicted octanol–water partition coefficient (Wildman–Crippen LogP) is 4.96. The number of hydrogen-bond acceptors (Lipinski definition) is 3. The van der Waals surface area contributed by atoms with Crippen LogP contribution in [-0.4, -0.2) is 15.3 Å². The van der Waals surface area contributed by atoms with Crippen LogP contribution in [0.1, 0.15) is 16.1 Å². The molecule has 1 N–H and O–H groups in total. The summed E-state index contributed by atoms with van der Waals surface area (Å²) in [6, 6.07) is 16.3. The molecule has 0 radical (unpaired) electrons. The van der Waals surface area contributed by atoms with Gasteiger partial charge in [-0.1, -0.05) is 23.7 Å². The summed E-state index contributed by atoms with van der Waals surface area (Å²) in [5, 5.41) is 2.80. The Kier molecular flexibility index (Phi) is 4.95. The number of ether oxygens (including phenoxy) is 1. The number of aromatic nitrogens is 2. The second-order valence-corrected chi connectivity index (χ2v) is 6.50. The number of amides is 1. The van der Waals surface area contributed by atoms with Gasteiger partial charge in [-0.2, -0.15) is 0 Å². The number of carbonyl (C=O) groups is 1. The van der Waals surface area contributed by atoms with Gasteiger partial charge < -0.3 is 14.5 Å². The first kappa shape index (κ1) is 18.0. The molecule has 0 aliphatic rings. The predicted molar refractivity (Wildman–Crippen MR) is 105 cm³/mol. The number of hydrogen-bond donors (Lipinski definition) is 1. The number of halogens is 2. The lowest BCUT2D eigenvalue weighted by Gasteiger charge is -2.09. The molecule has 0 unspecified atom stereocenters. The van der Waals surface area contributed by atoms with Crippen LogP contribution < -0.4 is 10.1 Å². The molecule has 1 amide bonds. The summed E-state index contributed by atoms with van der Waals surface area (Å²) in [6.45, 7) is 0.274. The molecular weight excluding hydrogens is 381 g/mol. The Labute approximate surface area is 165 Å². The van der Waals surface area contributed by atoms with Crippen LogP contribution in [0.3, 0.4) is 0 Å². The second-order valence-electron chi connectivity index (χ2n) is 6.09. The first-order chi connectivity index (χ1) is 13.6. The molecular formula is C21H15ClFN3O2. The summed E-state index contributed by atoms with van der Waals surface area (Å²) in [7, 11) is 0. The van der Waals surface area contributed by atoms with E-state index in [1.807, 2.05) is 35.0 Å². The van der Waals surface area contributed by atoms with Crippen LogP contribution >= 0.6 is 11.6 Å². The average molecular weight is 396 g/mol. The molecule has 4 rings (SSSR count). The minimum absolute atomic E-state index is 0.132. The van der Waals surface area contributed by atoms with Crippen LogP contribution in [-0.2, 0) is 6.61 Å². The van der Waals surface area contributed by atoms with Crippen LogP contribution in [0.15, 0.2) is 73.1 Å². The molecule has 0 fully saturated rings. The molecule has 2 aromatic carbocycles. The Bertz CT molecular complexity index is 1130. The molecule has 28 heavy (non-hydrogen) atoms. The molecule has 0 bridgehead atoms. The van der Waals surface area contributed by atoms with E-state index in [1.54, 1.807) is 24.3 Å². The highest BCUT2D eigenvalue weighted by Crippen LogP contribution is 2.24. The highest BCUT2D eigenvalue weighted by Gasteiger charge is 2.11. The van der Waals surface area contributed by atoms with Gasteiger partial charge in [0.2, 0.25) is 0 Å². The topological polar surface area (TPSA) is 55.6 Å². The van der Waals surface area contributed by atoms with E-state index in [0.717, 1.165) is 17.4 Å². The van der Waals surface area contributed by atoms with Crippen LogP contribution in [0.2, 0.25) is 5.02 Å². The molecule has 0 atom stereocenters. The summed E-state index contributed by atoms with van der Waals surface area (Å²) < 4.78 is 20.8. The number of nitrogens with zero attached hydrogens (tertiary/aromatic N) is 2. The molecule has 2 heterocycles. The number of pyridine rings is 1. The van der Waals surface area contributed by atoms with Crippen molar-refractivity contribution in [1.82, 2.24) is 9.38 Å². The molecule has 0 saturated heterocycles. The molecule has 0 aliphatic carbocycles. The van der Waals surface area contributed by atoms with Crippen molar-refractivity contribution in [2.75, 3.05) is 5.32 Å². The number of imidazole rings is 1. The van der Waals surface area contributed by atoms with E-state index in [1.165, 1.54) is 12.1 Å². The van der Waals surface area contributed by atoms with Gasteiger partial charge in [0.1, 0.15) is 23.8 Å². The van der Waals surface area contributed by atoms with E-state index in [0.29, 0.717) is 17.0 Å². The summed E-state index contributed by atoms with van der Waals surface area (Å²) in [5.74, 6) is -0.299. The number of anilines is 1. The van der Waals surface area contributed by atoms with Crippen molar-refractivity contribution in [3.8, 4) is 5.75 Å². The average Bonchev–Trinajstić information content (AvgIpc) is 3.12. The largest absolute Gasteiger partial charge is 0.487 e. The number of nitrogens with one attached hydrogen (secondary N) is 1. The third kappa shape index (κ3) is 3.97. The third-order valence-corrected chi connectivity index (χ3v) is 4.39. The fourth-order valence-electron chi connectivity index (χ4n) is 2.73. The van der Waals surface area contributed by atoms with Gasteiger partial charge in [0.15, 0.2) is 0 Å². The van der Waals surface area contributed by atoms with Crippen molar-refractivity contribution in [3.63, 3.8) is 0 Å². The smallest absolute Gasteiger partial charge is 0.255 e. The minimum Gasteiger partial charge on any atom is -0.487 e. The van der Waals surface area contributed by atoms with Crippen molar-refractivity contribution in [1.29, 1.82) is 0 Å². The minimum atomic E-state index is -0.467. The van der Waals surface area contributed by atoms with Gasteiger partial charge in [-0.05, 0) is 48.5 Å². The fraction of sp³-hybridized carbons (Fsp3) is 0.0476. The van der Waals surface area contributed by atoms with Crippen LogP contribution in [0.5, 0.6) is 5.75 Å². The third-order valence-electron chi connectivity index (χ3n) is 4.08. The first-order valence-corrected chi connectivity index (χ1v) is 8.88. The summed E-state index contributed by atoms with van der Waals surface area (Å²) in [5.41, 5.74) is 2.35. The first-order valence-electron chi connectivity index (χ1n) is 8.50. The maximum atomic E-state index is 13.1. The summed E-state index contributed by atoms with van der Waals surface area (Å²) in [6.07, 6.45) is 3.81. The fourth-order valence-corrected chi connectivity index (χ4v) is 2.94.